The average Bonchev–Trinajstić information content (AvgIpc) is 2.77. The Kier molecular flexibility index (Phi) is 7.94. The van der Waals surface area contributed by atoms with Crippen molar-refractivity contribution in [3.63, 3.8) is 0 Å². The summed E-state index contributed by atoms with van der Waals surface area (Å²) in [6.45, 7) is 9.48. The lowest BCUT2D eigenvalue weighted by Gasteiger charge is -2.37. The molecule has 0 bridgehead atoms. The molecule has 1 fully saturated rings. The third-order valence-electron chi connectivity index (χ3n) is 5.52. The third-order valence-corrected chi connectivity index (χ3v) is 5.52. The molecule has 0 amide bonds. The number of hydrogen-bond donors (Lipinski definition) is 2. The molecule has 2 aromatic rings. The van der Waals surface area contributed by atoms with Gasteiger partial charge in [0.15, 0.2) is 0 Å². The first-order chi connectivity index (χ1) is 14.6. The van der Waals surface area contributed by atoms with Gasteiger partial charge < -0.3 is 30.7 Å². The summed E-state index contributed by atoms with van der Waals surface area (Å²) in [6.07, 6.45) is 4.29. The Morgan fingerprint density at radius 2 is 1.10 bits per heavy atom. The minimum absolute atomic E-state index is 0.700. The Morgan fingerprint density at radius 3 is 1.47 bits per heavy atom. The van der Waals surface area contributed by atoms with Gasteiger partial charge in [0, 0.05) is 49.7 Å². The van der Waals surface area contributed by atoms with Crippen molar-refractivity contribution in [2.24, 2.45) is 0 Å². The zero-order valence-electron chi connectivity index (χ0n) is 18.4. The summed E-state index contributed by atoms with van der Waals surface area (Å²) in [6, 6.07) is 12.2. The van der Waals surface area contributed by atoms with Gasteiger partial charge in [0.25, 0.3) is 0 Å². The maximum Gasteiger partial charge on any atom is 0.144 e. The first kappa shape index (κ1) is 21.9. The van der Waals surface area contributed by atoms with Gasteiger partial charge in [-0.15, -0.1) is 0 Å². The van der Waals surface area contributed by atoms with Crippen LogP contribution in [0.4, 0.5) is 22.7 Å². The second kappa shape index (κ2) is 10.9. The zero-order valence-corrected chi connectivity index (χ0v) is 18.4. The smallest absolute Gasteiger partial charge is 0.144 e. The van der Waals surface area contributed by atoms with E-state index in [0.717, 1.165) is 74.7 Å². The van der Waals surface area contributed by atoms with Gasteiger partial charge in [-0.05, 0) is 37.1 Å². The monoisotopic (exact) mass is 412 g/mol. The van der Waals surface area contributed by atoms with Crippen LogP contribution in [0.1, 0.15) is 39.5 Å². The highest BCUT2D eigenvalue weighted by Gasteiger charge is 2.19. The number of nitrogens with zero attached hydrogens (tertiary/aromatic N) is 2. The Bertz CT molecular complexity index is 736. The van der Waals surface area contributed by atoms with Crippen LogP contribution in [0.2, 0.25) is 0 Å². The lowest BCUT2D eigenvalue weighted by molar-refractivity contribution is 0.311. The first-order valence-corrected chi connectivity index (χ1v) is 11.2. The molecule has 0 aromatic heterocycles. The lowest BCUT2D eigenvalue weighted by atomic mass is 10.2. The number of nitrogen functional groups attached to an aromatic ring is 2. The van der Waals surface area contributed by atoms with Crippen molar-refractivity contribution in [1.29, 1.82) is 0 Å². The molecule has 0 unspecified atom stereocenters. The van der Waals surface area contributed by atoms with E-state index < -0.39 is 0 Å². The van der Waals surface area contributed by atoms with Gasteiger partial charge in [-0.1, -0.05) is 26.7 Å². The molecule has 2 aromatic carbocycles. The molecule has 1 aliphatic rings. The van der Waals surface area contributed by atoms with Gasteiger partial charge >= 0.3 is 0 Å². The molecule has 1 heterocycles. The van der Waals surface area contributed by atoms with E-state index in [1.165, 1.54) is 0 Å². The fraction of sp³-hybridized carbons (Fsp3) is 0.500. The van der Waals surface area contributed by atoms with E-state index in [1.807, 2.05) is 12.1 Å². The van der Waals surface area contributed by atoms with Gasteiger partial charge in [-0.3, -0.25) is 0 Å². The summed E-state index contributed by atoms with van der Waals surface area (Å²) in [5.74, 6) is 1.58. The van der Waals surface area contributed by atoms with Crippen molar-refractivity contribution in [2.45, 2.75) is 39.5 Å². The van der Waals surface area contributed by atoms with Crippen LogP contribution in [0, 0.1) is 0 Å². The van der Waals surface area contributed by atoms with Crippen molar-refractivity contribution < 1.29 is 9.47 Å². The van der Waals surface area contributed by atoms with Gasteiger partial charge in [0.1, 0.15) is 11.5 Å². The average molecular weight is 413 g/mol. The molecule has 6 nitrogen and oxygen atoms in total. The van der Waals surface area contributed by atoms with Crippen LogP contribution in [0.3, 0.4) is 0 Å². The molecule has 4 N–H and O–H groups in total. The SMILES string of the molecule is CCCCOc1cc(N2CCN(c3ccc(N)c(OCCCC)c3)CC2)ccc1N. The number of hydrogen-bond acceptors (Lipinski definition) is 6. The molecule has 0 aliphatic carbocycles. The largest absolute Gasteiger partial charge is 0.491 e. The highest BCUT2D eigenvalue weighted by atomic mass is 16.5. The minimum Gasteiger partial charge on any atom is -0.491 e. The molecule has 3 rings (SSSR count). The van der Waals surface area contributed by atoms with Crippen LogP contribution in [0.5, 0.6) is 11.5 Å². The molecule has 6 heteroatoms. The number of unbranched alkanes of at least 4 members (excludes halogenated alkanes) is 2. The quantitative estimate of drug-likeness (QED) is 0.441. The van der Waals surface area contributed by atoms with E-state index in [9.17, 15) is 0 Å². The van der Waals surface area contributed by atoms with Crippen LogP contribution >= 0.6 is 0 Å². The maximum absolute atomic E-state index is 6.10. The number of ether oxygens (including phenoxy) is 2. The van der Waals surface area contributed by atoms with Gasteiger partial charge in [0.05, 0.1) is 24.6 Å². The van der Waals surface area contributed by atoms with Gasteiger partial charge in [-0.2, -0.15) is 0 Å². The normalized spacial score (nSPS) is 14.1. The second-order valence-corrected chi connectivity index (χ2v) is 7.82. The number of nitrogens with two attached hydrogens (primary N) is 2. The van der Waals surface area contributed by atoms with Crippen LogP contribution in [-0.2, 0) is 0 Å². The molecule has 164 valence electrons. The Hall–Kier alpha value is -2.76. The van der Waals surface area contributed by atoms with E-state index in [2.05, 4.69) is 47.9 Å². The molecule has 0 atom stereocenters. The third kappa shape index (κ3) is 5.65. The zero-order chi connectivity index (χ0) is 21.3. The number of anilines is 4. The lowest BCUT2D eigenvalue weighted by Crippen LogP contribution is -2.46. The molecule has 0 spiro atoms. The fourth-order valence-corrected chi connectivity index (χ4v) is 3.57. The minimum atomic E-state index is 0.700. The number of benzene rings is 2. The summed E-state index contributed by atoms with van der Waals surface area (Å²) in [5, 5.41) is 0. The summed E-state index contributed by atoms with van der Waals surface area (Å²) < 4.78 is 11.8. The topological polar surface area (TPSA) is 77.0 Å². The van der Waals surface area contributed by atoms with Crippen molar-refractivity contribution in [2.75, 3.05) is 60.7 Å². The molecular weight excluding hydrogens is 376 g/mol. The van der Waals surface area contributed by atoms with Gasteiger partial charge in [0.2, 0.25) is 0 Å². The van der Waals surface area contributed by atoms with Crippen LogP contribution < -0.4 is 30.7 Å². The Labute approximate surface area is 180 Å². The van der Waals surface area contributed by atoms with Crippen LogP contribution in [0.15, 0.2) is 36.4 Å². The molecule has 0 radical (unpaired) electrons. The van der Waals surface area contributed by atoms with Crippen LogP contribution in [0.25, 0.3) is 0 Å². The van der Waals surface area contributed by atoms with E-state index in [1.54, 1.807) is 0 Å². The van der Waals surface area contributed by atoms with Crippen molar-refractivity contribution in [3.8, 4) is 11.5 Å². The standard InChI is InChI=1S/C24H36N4O2/c1-3-5-15-29-23-17-19(7-9-21(23)25)27-11-13-28(14-12-27)20-8-10-22(26)24(18-20)30-16-6-4-2/h7-10,17-18H,3-6,11-16,25-26H2,1-2H3. The summed E-state index contributed by atoms with van der Waals surface area (Å²) in [5.41, 5.74) is 15.9. The molecule has 30 heavy (non-hydrogen) atoms. The Morgan fingerprint density at radius 1 is 0.700 bits per heavy atom. The van der Waals surface area contributed by atoms with Crippen molar-refractivity contribution >= 4 is 22.7 Å². The van der Waals surface area contributed by atoms with E-state index in [-0.39, 0.29) is 0 Å². The van der Waals surface area contributed by atoms with E-state index in [4.69, 9.17) is 20.9 Å². The molecule has 0 saturated carbocycles. The molecular formula is C24H36N4O2. The highest BCUT2D eigenvalue weighted by molar-refractivity contribution is 5.65. The predicted octanol–water partition coefficient (Wildman–Crippen LogP) is 4.54. The van der Waals surface area contributed by atoms with Crippen molar-refractivity contribution in [1.82, 2.24) is 0 Å². The van der Waals surface area contributed by atoms with Crippen LogP contribution in [-0.4, -0.2) is 39.4 Å². The molecule has 1 saturated heterocycles. The predicted molar refractivity (Wildman–Crippen MR) is 127 cm³/mol. The van der Waals surface area contributed by atoms with E-state index in [0.29, 0.717) is 24.6 Å². The number of rotatable bonds is 10. The van der Waals surface area contributed by atoms with Gasteiger partial charge in [-0.25, -0.2) is 0 Å². The summed E-state index contributed by atoms with van der Waals surface area (Å²) in [7, 11) is 0. The van der Waals surface area contributed by atoms with E-state index >= 15 is 0 Å². The second-order valence-electron chi connectivity index (χ2n) is 7.82. The number of piperazine rings is 1. The highest BCUT2D eigenvalue weighted by Crippen LogP contribution is 2.31. The summed E-state index contributed by atoms with van der Waals surface area (Å²) in [4.78, 5) is 4.77. The maximum atomic E-state index is 6.10. The van der Waals surface area contributed by atoms with Crippen molar-refractivity contribution in [3.05, 3.63) is 36.4 Å². The first-order valence-electron chi connectivity index (χ1n) is 11.2. The fourth-order valence-electron chi connectivity index (χ4n) is 3.57. The Balaban J connectivity index is 1.61. The summed E-state index contributed by atoms with van der Waals surface area (Å²) >= 11 is 0. The molecule has 1 aliphatic heterocycles.